The summed E-state index contributed by atoms with van der Waals surface area (Å²) >= 11 is 3.58. The average molecular weight is 520 g/mol. The van der Waals surface area contributed by atoms with Crippen molar-refractivity contribution >= 4 is 36.6 Å². The van der Waals surface area contributed by atoms with E-state index in [1.807, 2.05) is 18.7 Å². The van der Waals surface area contributed by atoms with Crippen LogP contribution in [0.5, 0.6) is 0 Å². The molecule has 6 atom stereocenters. The number of carbonyl (C=O) groups excluding carboxylic acids is 4. The summed E-state index contributed by atoms with van der Waals surface area (Å²) in [5, 5.41) is 5.94. The maximum atomic E-state index is 12.5. The Morgan fingerprint density at radius 2 is 1.86 bits per heavy atom. The summed E-state index contributed by atoms with van der Waals surface area (Å²) in [6, 6.07) is -1.27. The first-order valence-electron chi connectivity index (χ1n) is 11.1. The molecule has 0 aromatic rings. The first kappa shape index (κ1) is 30.5. The Bertz CT molecular complexity index is 780. The van der Waals surface area contributed by atoms with Crippen LogP contribution in [0.2, 0.25) is 0 Å². The number of hydrogen-bond donors (Lipinski definition) is 3. The van der Waals surface area contributed by atoms with E-state index in [1.165, 1.54) is 6.92 Å². The van der Waals surface area contributed by atoms with Gasteiger partial charge in [-0.2, -0.15) is 0 Å². The molecule has 0 bridgehead atoms. The molecule has 198 valence electrons. The minimum Gasteiger partial charge on any atom is -0.465 e. The number of carbonyl (C=O) groups is 4. The molecular weight excluding hydrogens is 486 g/mol. The number of hydrogen-bond acceptors (Lipinski definition) is 12. The van der Waals surface area contributed by atoms with Crippen LogP contribution in [0.4, 0.5) is 0 Å². The molecule has 0 aromatic carbocycles. The number of thiol groups is 1. The predicted molar refractivity (Wildman–Crippen MR) is 123 cm³/mol. The third-order valence-corrected chi connectivity index (χ3v) is 5.48. The van der Waals surface area contributed by atoms with Crippen molar-refractivity contribution in [3.63, 3.8) is 0 Å². The fourth-order valence-corrected chi connectivity index (χ4v) is 3.50. The zero-order valence-electron chi connectivity index (χ0n) is 20.2. The lowest BCUT2D eigenvalue weighted by molar-refractivity contribution is -0.265. The summed E-state index contributed by atoms with van der Waals surface area (Å²) < 4.78 is 22.1. The number of rotatable bonds is 14. The van der Waals surface area contributed by atoms with Crippen molar-refractivity contribution in [1.82, 2.24) is 10.2 Å². The van der Waals surface area contributed by atoms with Crippen molar-refractivity contribution in [1.29, 1.82) is 0 Å². The largest absolute Gasteiger partial charge is 0.465 e. The number of esters is 2. The van der Waals surface area contributed by atoms with Gasteiger partial charge < -0.3 is 29.1 Å². The number of nitrogens with zero attached hydrogens (tertiary/aromatic N) is 3. The van der Waals surface area contributed by atoms with E-state index in [-0.39, 0.29) is 24.8 Å². The first-order valence-corrected chi connectivity index (χ1v) is 11.5. The summed E-state index contributed by atoms with van der Waals surface area (Å²) in [7, 11) is 0. The lowest BCUT2D eigenvalue weighted by Gasteiger charge is -2.43. The fourth-order valence-electron chi connectivity index (χ4n) is 3.40. The van der Waals surface area contributed by atoms with Crippen LogP contribution in [-0.4, -0.2) is 68.1 Å². The minimum absolute atomic E-state index is 0.0756. The van der Waals surface area contributed by atoms with Crippen molar-refractivity contribution in [3.8, 4) is 0 Å². The van der Waals surface area contributed by atoms with E-state index in [0.717, 1.165) is 6.92 Å². The Balaban J connectivity index is 2.76. The highest BCUT2D eigenvalue weighted by atomic mass is 32.1. The van der Waals surface area contributed by atoms with Gasteiger partial charge in [0.05, 0.1) is 0 Å². The molecule has 15 heteroatoms. The van der Waals surface area contributed by atoms with Gasteiger partial charge in [0, 0.05) is 50.2 Å². The Labute approximate surface area is 208 Å². The van der Waals surface area contributed by atoms with Crippen LogP contribution in [0, 0.1) is 11.8 Å². The lowest BCUT2D eigenvalue weighted by atomic mass is 9.84. The van der Waals surface area contributed by atoms with Gasteiger partial charge in [-0.25, -0.2) is 0 Å². The molecule has 0 aromatic heterocycles. The molecule has 1 saturated heterocycles. The van der Waals surface area contributed by atoms with E-state index in [1.54, 1.807) is 0 Å². The molecule has 14 nitrogen and oxygen atoms in total. The van der Waals surface area contributed by atoms with E-state index in [9.17, 15) is 19.2 Å². The molecule has 1 aliphatic heterocycles. The fraction of sp³-hybridized carbons (Fsp3) is 0.800. The number of nitrogens with one attached hydrogen (secondary N) is 2. The number of unbranched alkanes of at least 4 members (excludes halogenated alkanes) is 1. The molecule has 1 aliphatic rings. The van der Waals surface area contributed by atoms with Crippen molar-refractivity contribution in [2.24, 2.45) is 17.0 Å². The van der Waals surface area contributed by atoms with E-state index in [2.05, 4.69) is 33.0 Å². The Kier molecular flexibility index (Phi) is 14.1. The second kappa shape index (κ2) is 16.2. The molecule has 0 aliphatic carbocycles. The number of azide groups is 1. The summed E-state index contributed by atoms with van der Waals surface area (Å²) in [6.07, 6.45) is -0.783. The summed E-state index contributed by atoms with van der Waals surface area (Å²) in [6.45, 7) is 6.04. The van der Waals surface area contributed by atoms with Gasteiger partial charge in [0.15, 0.2) is 12.3 Å². The zero-order valence-corrected chi connectivity index (χ0v) is 21.1. The lowest BCUT2D eigenvalue weighted by Crippen LogP contribution is -2.56. The highest BCUT2D eigenvalue weighted by Crippen LogP contribution is 2.33. The van der Waals surface area contributed by atoms with Crippen molar-refractivity contribution in [2.45, 2.75) is 71.5 Å². The molecule has 1 heterocycles. The van der Waals surface area contributed by atoms with Gasteiger partial charge in [-0.15, -0.1) is 0 Å². The van der Waals surface area contributed by atoms with Crippen LogP contribution in [0.25, 0.3) is 10.4 Å². The molecule has 1 rings (SSSR count). The van der Waals surface area contributed by atoms with Crippen LogP contribution in [0.15, 0.2) is 5.11 Å². The smallest absolute Gasteiger partial charge is 0.325 e. The number of ether oxygens (including phenoxy) is 4. The second-order valence-corrected chi connectivity index (χ2v) is 8.18. The monoisotopic (exact) mass is 519 g/mol. The third kappa shape index (κ3) is 11.1. The van der Waals surface area contributed by atoms with Gasteiger partial charge in [-0.1, -0.05) is 36.7 Å². The van der Waals surface area contributed by atoms with Gasteiger partial charge in [0.2, 0.25) is 5.91 Å². The minimum atomic E-state index is -1.27. The second-order valence-electron chi connectivity index (χ2n) is 8.00. The maximum absolute atomic E-state index is 12.5. The molecule has 35 heavy (non-hydrogen) atoms. The number of amides is 1. The topological polar surface area (TPSA) is 187 Å². The maximum Gasteiger partial charge on any atom is 0.325 e. The summed E-state index contributed by atoms with van der Waals surface area (Å²) in [5.74, 6) is -2.57. The summed E-state index contributed by atoms with van der Waals surface area (Å²) in [5.41, 5.74) is 8.69. The van der Waals surface area contributed by atoms with Gasteiger partial charge in [0.25, 0.3) is 0 Å². The predicted octanol–water partition coefficient (Wildman–Crippen LogP) is 1.35. The van der Waals surface area contributed by atoms with E-state index < -0.39 is 55.0 Å². The van der Waals surface area contributed by atoms with Crippen LogP contribution < -0.4 is 10.2 Å². The van der Waals surface area contributed by atoms with Crippen molar-refractivity contribution < 1.29 is 43.0 Å². The molecule has 0 saturated carbocycles. The zero-order chi connectivity index (χ0) is 26.4. The van der Waals surface area contributed by atoms with Crippen molar-refractivity contribution in [2.75, 3.05) is 19.8 Å². The van der Waals surface area contributed by atoms with E-state index in [0.29, 0.717) is 19.4 Å². The summed E-state index contributed by atoms with van der Waals surface area (Å²) in [4.78, 5) is 55.6. The molecule has 1 fully saturated rings. The van der Waals surface area contributed by atoms with Crippen LogP contribution in [0.3, 0.4) is 0 Å². The van der Waals surface area contributed by atoms with Gasteiger partial charge in [-0.3, -0.25) is 19.2 Å². The quantitative estimate of drug-likeness (QED) is 0.0442. The third-order valence-electron chi connectivity index (χ3n) is 5.39. The highest BCUT2D eigenvalue weighted by molar-refractivity contribution is 7.77. The Hall–Kier alpha value is -2.58. The molecule has 0 spiro atoms. The molecule has 1 amide bonds. The van der Waals surface area contributed by atoms with E-state index >= 15 is 0 Å². The molecule has 4 unspecified atom stereocenters. The standard InChI is InChI=1S/C20H33N5O9S/c1-11-12(2)20(30-8-6-5-7-17(28)34-25-35)33-16(18(11)32-14(4)27)9-22-19(29)15(23-24-21)10-31-13(3)26/h11-12,15-16,18,20,25,35H,5-10H2,1-4H3,(H,22,29)/t11-,12?,15?,16?,18-,20?/m1/s1. The SMILES string of the molecule is CC(=O)OCC(N=[N+]=[N-])C(=O)NCC1OC(OCCCCC(=O)ONS)C(C)[C@@H](C)[C@H]1OC(C)=O. The molecular formula is C20H33N5O9S. The van der Waals surface area contributed by atoms with Crippen molar-refractivity contribution in [3.05, 3.63) is 10.4 Å². The Morgan fingerprint density at radius 3 is 2.46 bits per heavy atom. The van der Waals surface area contributed by atoms with Gasteiger partial charge >= 0.3 is 17.9 Å². The van der Waals surface area contributed by atoms with Gasteiger partial charge in [-0.05, 0) is 18.4 Å². The molecule has 2 N–H and O–H groups in total. The average Bonchev–Trinajstić information content (AvgIpc) is 2.79. The Morgan fingerprint density at radius 1 is 1.14 bits per heavy atom. The molecule has 0 radical (unpaired) electrons. The van der Waals surface area contributed by atoms with Gasteiger partial charge in [0.1, 0.15) is 18.8 Å². The van der Waals surface area contributed by atoms with Crippen LogP contribution in [0.1, 0.15) is 47.0 Å². The highest BCUT2D eigenvalue weighted by Gasteiger charge is 2.44. The van der Waals surface area contributed by atoms with E-state index in [4.69, 9.17) is 24.5 Å². The van der Waals surface area contributed by atoms with Crippen LogP contribution >= 0.6 is 12.8 Å². The first-order chi connectivity index (χ1) is 16.6. The van der Waals surface area contributed by atoms with Crippen LogP contribution in [-0.2, 0) is 43.0 Å². The normalized spacial score (nSPS) is 24.4.